The number of esters is 1. The molecule has 0 N–H and O–H groups in total. The van der Waals surface area contributed by atoms with E-state index >= 15 is 0 Å². The molecule has 1 rings (SSSR count). The molecule has 1 aromatic rings. The fraction of sp³-hybridized carbons (Fsp3) is 0.333. The van der Waals surface area contributed by atoms with Crippen molar-refractivity contribution in [3.63, 3.8) is 0 Å². The van der Waals surface area contributed by atoms with Crippen molar-refractivity contribution in [2.45, 2.75) is 18.6 Å². The lowest BCUT2D eigenvalue weighted by molar-refractivity contribution is -0.145. The number of ketones is 1. The first kappa shape index (κ1) is 12.8. The van der Waals surface area contributed by atoms with Crippen LogP contribution in [0.1, 0.15) is 24.2 Å². The Hall–Kier alpha value is -1.29. The first-order valence-corrected chi connectivity index (χ1v) is 5.58. The van der Waals surface area contributed by atoms with E-state index in [0.717, 1.165) is 5.56 Å². The molecule has 1 aromatic carbocycles. The number of thiol groups is 1. The highest BCUT2D eigenvalue weighted by atomic mass is 32.1. The van der Waals surface area contributed by atoms with E-state index in [0.29, 0.717) is 0 Å². The number of rotatable bonds is 5. The van der Waals surface area contributed by atoms with Crippen molar-refractivity contribution >= 4 is 24.4 Å². The van der Waals surface area contributed by atoms with Gasteiger partial charge in [-0.25, -0.2) is 0 Å². The maximum Gasteiger partial charge on any atom is 0.313 e. The van der Waals surface area contributed by atoms with Crippen molar-refractivity contribution in [2.75, 3.05) is 6.61 Å². The van der Waals surface area contributed by atoms with Crippen molar-refractivity contribution in [2.24, 2.45) is 0 Å². The zero-order valence-electron chi connectivity index (χ0n) is 9.05. The molecule has 4 heteroatoms. The molecule has 1 unspecified atom stereocenters. The quantitative estimate of drug-likeness (QED) is 0.486. The van der Waals surface area contributed by atoms with Crippen LogP contribution in [-0.2, 0) is 14.3 Å². The number of benzene rings is 1. The van der Waals surface area contributed by atoms with Crippen LogP contribution in [-0.4, -0.2) is 18.4 Å². The van der Waals surface area contributed by atoms with Crippen LogP contribution in [0.5, 0.6) is 0 Å². The van der Waals surface area contributed by atoms with Gasteiger partial charge in [0.15, 0.2) is 5.78 Å². The minimum atomic E-state index is -0.564. The van der Waals surface area contributed by atoms with Gasteiger partial charge in [-0.15, -0.1) is 0 Å². The minimum Gasteiger partial charge on any atom is -0.466 e. The molecule has 0 bridgehead atoms. The van der Waals surface area contributed by atoms with Crippen LogP contribution in [0.4, 0.5) is 0 Å². The third kappa shape index (κ3) is 3.70. The minimum absolute atomic E-state index is 0.225. The number of carbonyl (C=O) groups excluding carboxylic acids is 2. The molecule has 0 fully saturated rings. The Morgan fingerprint density at radius 1 is 1.31 bits per heavy atom. The van der Waals surface area contributed by atoms with Crippen LogP contribution in [0.25, 0.3) is 0 Å². The lowest BCUT2D eigenvalue weighted by atomic mass is 10.1. The smallest absolute Gasteiger partial charge is 0.313 e. The molecule has 0 amide bonds. The van der Waals surface area contributed by atoms with Gasteiger partial charge in [-0.05, 0) is 12.5 Å². The molecule has 0 aliphatic heterocycles. The molecule has 0 heterocycles. The SMILES string of the molecule is CCOC(=O)CC(=O)C(S)c1ccccc1. The van der Waals surface area contributed by atoms with E-state index in [1.54, 1.807) is 19.1 Å². The summed E-state index contributed by atoms with van der Waals surface area (Å²) in [6.45, 7) is 1.99. The normalized spacial score (nSPS) is 11.9. The molecule has 0 radical (unpaired) electrons. The highest BCUT2D eigenvalue weighted by Gasteiger charge is 2.19. The average Bonchev–Trinajstić information content (AvgIpc) is 2.29. The second kappa shape index (κ2) is 6.33. The lowest BCUT2D eigenvalue weighted by Crippen LogP contribution is -2.15. The summed E-state index contributed by atoms with van der Waals surface area (Å²) in [7, 11) is 0. The Balaban J connectivity index is 2.58. The molecular formula is C12H14O3S. The standard InChI is InChI=1S/C12H14O3S/c1-2-15-11(14)8-10(13)12(16)9-6-4-3-5-7-9/h3-7,12,16H,2,8H2,1H3. The van der Waals surface area contributed by atoms with Gasteiger partial charge in [0.2, 0.25) is 0 Å². The molecule has 0 aliphatic carbocycles. The van der Waals surface area contributed by atoms with Gasteiger partial charge >= 0.3 is 5.97 Å². The fourth-order valence-electron chi connectivity index (χ4n) is 1.27. The summed E-state index contributed by atoms with van der Waals surface area (Å²) in [5, 5.41) is -0.564. The van der Waals surface area contributed by atoms with E-state index in [9.17, 15) is 9.59 Å². The van der Waals surface area contributed by atoms with Crippen molar-refractivity contribution in [3.05, 3.63) is 35.9 Å². The highest BCUT2D eigenvalue weighted by molar-refractivity contribution is 7.81. The summed E-state index contributed by atoms with van der Waals surface area (Å²) >= 11 is 4.20. The average molecular weight is 238 g/mol. The molecule has 3 nitrogen and oxygen atoms in total. The third-order valence-electron chi connectivity index (χ3n) is 2.04. The fourth-order valence-corrected chi connectivity index (χ4v) is 1.54. The molecule has 16 heavy (non-hydrogen) atoms. The Bertz CT molecular complexity index is 362. The van der Waals surface area contributed by atoms with Crippen LogP contribution in [0.2, 0.25) is 0 Å². The molecule has 0 spiro atoms. The summed E-state index contributed by atoms with van der Waals surface area (Å²) < 4.78 is 4.70. The number of carbonyl (C=O) groups is 2. The monoisotopic (exact) mass is 238 g/mol. The summed E-state index contributed by atoms with van der Waals surface area (Å²) in [6, 6.07) is 9.13. The molecule has 1 atom stereocenters. The van der Waals surface area contributed by atoms with Crippen molar-refractivity contribution in [3.8, 4) is 0 Å². The summed E-state index contributed by atoms with van der Waals surface area (Å²) in [4.78, 5) is 22.8. The van der Waals surface area contributed by atoms with Crippen LogP contribution >= 0.6 is 12.6 Å². The second-order valence-corrected chi connectivity index (χ2v) is 3.78. The molecule has 0 aliphatic rings. The van der Waals surface area contributed by atoms with Gasteiger partial charge in [-0.2, -0.15) is 12.6 Å². The number of Topliss-reactive ketones (excluding diaryl/α,β-unsaturated/α-hetero) is 1. The summed E-state index contributed by atoms with van der Waals surface area (Å²) in [6.07, 6.45) is -0.225. The maximum atomic E-state index is 11.7. The van der Waals surface area contributed by atoms with E-state index in [1.165, 1.54) is 0 Å². The second-order valence-electron chi connectivity index (χ2n) is 3.26. The van der Waals surface area contributed by atoms with Crippen LogP contribution in [0.15, 0.2) is 30.3 Å². The van der Waals surface area contributed by atoms with Crippen LogP contribution < -0.4 is 0 Å². The molecule has 0 saturated heterocycles. The van der Waals surface area contributed by atoms with E-state index < -0.39 is 11.2 Å². The first-order valence-electron chi connectivity index (χ1n) is 5.06. The Morgan fingerprint density at radius 2 is 1.94 bits per heavy atom. The molecule has 0 aromatic heterocycles. The van der Waals surface area contributed by atoms with Gasteiger partial charge in [0, 0.05) is 0 Å². The Morgan fingerprint density at radius 3 is 2.50 bits per heavy atom. The number of hydrogen-bond acceptors (Lipinski definition) is 4. The zero-order chi connectivity index (χ0) is 12.0. The predicted octanol–water partition coefficient (Wildman–Crippen LogP) is 2.18. The molecule has 0 saturated carbocycles. The van der Waals surface area contributed by atoms with E-state index in [-0.39, 0.29) is 18.8 Å². The van der Waals surface area contributed by atoms with E-state index in [4.69, 9.17) is 4.74 Å². The first-order chi connectivity index (χ1) is 7.65. The van der Waals surface area contributed by atoms with Gasteiger partial charge in [-0.1, -0.05) is 30.3 Å². The predicted molar refractivity (Wildman–Crippen MR) is 64.4 cm³/mol. The zero-order valence-corrected chi connectivity index (χ0v) is 9.94. The number of ether oxygens (including phenoxy) is 1. The van der Waals surface area contributed by atoms with Gasteiger partial charge in [0.25, 0.3) is 0 Å². The van der Waals surface area contributed by atoms with E-state index in [1.807, 2.05) is 18.2 Å². The largest absolute Gasteiger partial charge is 0.466 e. The van der Waals surface area contributed by atoms with Gasteiger partial charge in [-0.3, -0.25) is 9.59 Å². The highest BCUT2D eigenvalue weighted by Crippen LogP contribution is 2.21. The topological polar surface area (TPSA) is 43.4 Å². The van der Waals surface area contributed by atoms with Crippen molar-refractivity contribution in [1.29, 1.82) is 0 Å². The number of hydrogen-bond donors (Lipinski definition) is 1. The van der Waals surface area contributed by atoms with Gasteiger partial charge in [0.1, 0.15) is 6.42 Å². The Kier molecular flexibility index (Phi) is 5.05. The van der Waals surface area contributed by atoms with E-state index in [2.05, 4.69) is 12.6 Å². The molecular weight excluding hydrogens is 224 g/mol. The van der Waals surface area contributed by atoms with Crippen LogP contribution in [0, 0.1) is 0 Å². The lowest BCUT2D eigenvalue weighted by Gasteiger charge is -2.09. The Labute approximate surface area is 100 Å². The van der Waals surface area contributed by atoms with Crippen molar-refractivity contribution in [1.82, 2.24) is 0 Å². The van der Waals surface area contributed by atoms with Crippen LogP contribution in [0.3, 0.4) is 0 Å². The third-order valence-corrected chi connectivity index (χ3v) is 2.63. The summed E-state index contributed by atoms with van der Waals surface area (Å²) in [5.74, 6) is -0.740. The van der Waals surface area contributed by atoms with Gasteiger partial charge < -0.3 is 4.74 Å². The molecule has 86 valence electrons. The van der Waals surface area contributed by atoms with Crippen molar-refractivity contribution < 1.29 is 14.3 Å². The summed E-state index contributed by atoms with van der Waals surface area (Å²) in [5.41, 5.74) is 0.792. The maximum absolute atomic E-state index is 11.7. The van der Waals surface area contributed by atoms with Gasteiger partial charge in [0.05, 0.1) is 11.9 Å².